The molecule has 2 amide bonds. The number of ether oxygens (including phenoxy) is 1. The number of carbonyl (C=O) groups is 2. The van der Waals surface area contributed by atoms with E-state index in [1.807, 2.05) is 24.3 Å². The Balaban J connectivity index is 1.26. The van der Waals surface area contributed by atoms with Gasteiger partial charge in [0.1, 0.15) is 11.6 Å². The highest BCUT2D eigenvalue weighted by Gasteiger charge is 2.21. The Hall–Kier alpha value is -3.09. The Bertz CT molecular complexity index is 830. The zero-order chi connectivity index (χ0) is 19.3. The Labute approximate surface area is 164 Å². The number of anilines is 3. The van der Waals surface area contributed by atoms with Gasteiger partial charge in [-0.05, 0) is 55.7 Å². The number of benzene rings is 1. The number of nitrogens with zero attached hydrogens (tertiary/aromatic N) is 3. The van der Waals surface area contributed by atoms with Crippen LogP contribution in [0.25, 0.3) is 0 Å². The van der Waals surface area contributed by atoms with Crippen LogP contribution < -0.4 is 19.9 Å². The molecular weight excluding hydrogens is 356 g/mol. The average molecular weight is 380 g/mol. The van der Waals surface area contributed by atoms with Crippen LogP contribution in [-0.4, -0.2) is 43.0 Å². The van der Waals surface area contributed by atoms with Crippen molar-refractivity contribution < 1.29 is 14.3 Å². The number of hydrogen-bond acceptors (Lipinski definition) is 5. The number of hydrogen-bond donors (Lipinski definition) is 1. The normalized spacial score (nSPS) is 16.5. The third-order valence-corrected chi connectivity index (χ3v) is 5.05. The number of amides is 2. The minimum atomic E-state index is -0.241. The summed E-state index contributed by atoms with van der Waals surface area (Å²) in [4.78, 5) is 32.3. The molecule has 1 aromatic heterocycles. The lowest BCUT2D eigenvalue weighted by atomic mass is 10.3. The van der Waals surface area contributed by atoms with E-state index in [-0.39, 0.29) is 18.4 Å². The first-order valence-corrected chi connectivity index (χ1v) is 9.73. The first kappa shape index (κ1) is 18.3. The van der Waals surface area contributed by atoms with Gasteiger partial charge in [-0.3, -0.25) is 9.59 Å². The van der Waals surface area contributed by atoms with Crippen molar-refractivity contribution in [2.24, 2.45) is 0 Å². The largest absolute Gasteiger partial charge is 0.484 e. The Morgan fingerprint density at radius 3 is 2.46 bits per heavy atom. The molecule has 0 radical (unpaired) electrons. The molecule has 4 rings (SSSR count). The summed E-state index contributed by atoms with van der Waals surface area (Å²) in [5.74, 6) is 1.45. The first-order valence-electron chi connectivity index (χ1n) is 9.73. The zero-order valence-corrected chi connectivity index (χ0v) is 15.8. The molecule has 0 atom stereocenters. The molecule has 1 N–H and O–H groups in total. The van der Waals surface area contributed by atoms with Crippen LogP contribution in [0, 0.1) is 0 Å². The third kappa shape index (κ3) is 4.24. The highest BCUT2D eigenvalue weighted by Crippen LogP contribution is 2.24. The van der Waals surface area contributed by atoms with Crippen LogP contribution in [0.3, 0.4) is 0 Å². The molecule has 2 aliphatic heterocycles. The van der Waals surface area contributed by atoms with Crippen LogP contribution in [0.1, 0.15) is 25.7 Å². The van der Waals surface area contributed by atoms with Gasteiger partial charge in [0.15, 0.2) is 6.61 Å². The molecular formula is C21H24N4O3. The zero-order valence-electron chi connectivity index (χ0n) is 15.8. The smallest absolute Gasteiger partial charge is 0.262 e. The van der Waals surface area contributed by atoms with Gasteiger partial charge in [-0.25, -0.2) is 4.98 Å². The van der Waals surface area contributed by atoms with Gasteiger partial charge >= 0.3 is 0 Å². The minimum absolute atomic E-state index is 0.0874. The molecule has 0 aliphatic carbocycles. The van der Waals surface area contributed by atoms with E-state index >= 15 is 0 Å². The molecule has 0 spiro atoms. The Morgan fingerprint density at radius 1 is 1.04 bits per heavy atom. The lowest BCUT2D eigenvalue weighted by molar-refractivity contribution is -0.118. The Kier molecular flexibility index (Phi) is 5.41. The molecule has 2 fully saturated rings. The van der Waals surface area contributed by atoms with Crippen LogP contribution in [0.5, 0.6) is 5.75 Å². The summed E-state index contributed by atoms with van der Waals surface area (Å²) < 4.78 is 5.55. The molecule has 1 aromatic carbocycles. The topological polar surface area (TPSA) is 74.8 Å². The summed E-state index contributed by atoms with van der Waals surface area (Å²) in [6.45, 7) is 2.75. The van der Waals surface area contributed by atoms with Crippen molar-refractivity contribution in [1.29, 1.82) is 0 Å². The summed E-state index contributed by atoms with van der Waals surface area (Å²) in [5.41, 5.74) is 1.52. The van der Waals surface area contributed by atoms with Crippen molar-refractivity contribution in [2.45, 2.75) is 25.7 Å². The maximum atomic E-state index is 12.1. The van der Waals surface area contributed by atoms with Crippen molar-refractivity contribution in [3.05, 3.63) is 42.6 Å². The summed E-state index contributed by atoms with van der Waals surface area (Å²) in [6.07, 6.45) is 5.57. The Morgan fingerprint density at radius 2 is 1.82 bits per heavy atom. The van der Waals surface area contributed by atoms with Crippen molar-refractivity contribution >= 4 is 29.0 Å². The van der Waals surface area contributed by atoms with Gasteiger partial charge in [0.05, 0.1) is 11.9 Å². The molecule has 28 heavy (non-hydrogen) atoms. The van der Waals surface area contributed by atoms with Gasteiger partial charge in [0.2, 0.25) is 5.91 Å². The van der Waals surface area contributed by atoms with Crippen LogP contribution >= 0.6 is 0 Å². The number of pyridine rings is 1. The highest BCUT2D eigenvalue weighted by atomic mass is 16.5. The quantitative estimate of drug-likeness (QED) is 0.834. The van der Waals surface area contributed by atoms with Crippen molar-refractivity contribution in [3.8, 4) is 5.75 Å². The van der Waals surface area contributed by atoms with Crippen molar-refractivity contribution in [1.82, 2.24) is 4.98 Å². The van der Waals surface area contributed by atoms with E-state index in [1.54, 1.807) is 23.2 Å². The van der Waals surface area contributed by atoms with Crippen molar-refractivity contribution in [3.63, 3.8) is 0 Å². The van der Waals surface area contributed by atoms with Gasteiger partial charge in [-0.15, -0.1) is 0 Å². The molecule has 7 heteroatoms. The van der Waals surface area contributed by atoms with Crippen LogP contribution in [0.2, 0.25) is 0 Å². The lowest BCUT2D eigenvalue weighted by Crippen LogP contribution is -2.23. The minimum Gasteiger partial charge on any atom is -0.484 e. The molecule has 3 heterocycles. The number of rotatable bonds is 6. The number of nitrogens with one attached hydrogen (secondary N) is 1. The molecule has 2 aliphatic rings. The molecule has 0 bridgehead atoms. The fourth-order valence-corrected chi connectivity index (χ4v) is 3.58. The molecule has 7 nitrogen and oxygen atoms in total. The van der Waals surface area contributed by atoms with Crippen LogP contribution in [-0.2, 0) is 9.59 Å². The molecule has 0 unspecified atom stereocenters. The fourth-order valence-electron chi connectivity index (χ4n) is 3.58. The predicted molar refractivity (Wildman–Crippen MR) is 108 cm³/mol. The van der Waals surface area contributed by atoms with E-state index in [2.05, 4.69) is 15.2 Å². The standard InChI is InChI=1S/C21H24N4O3/c26-20(23-16-5-10-19(22-14-16)24-11-1-2-12-24)15-28-18-8-6-17(7-9-18)25-13-3-4-21(25)27/h5-10,14H,1-4,11-13,15H2,(H,23,26). The van der Waals surface area contributed by atoms with Crippen LogP contribution in [0.15, 0.2) is 42.6 Å². The van der Waals surface area contributed by atoms with E-state index in [4.69, 9.17) is 4.74 Å². The second-order valence-electron chi connectivity index (χ2n) is 7.08. The molecule has 2 saturated heterocycles. The van der Waals surface area contributed by atoms with E-state index in [9.17, 15) is 9.59 Å². The lowest BCUT2D eigenvalue weighted by Gasteiger charge is -2.16. The van der Waals surface area contributed by atoms with Crippen LogP contribution in [0.4, 0.5) is 17.2 Å². The second-order valence-corrected chi connectivity index (χ2v) is 7.08. The summed E-state index contributed by atoms with van der Waals surface area (Å²) >= 11 is 0. The SMILES string of the molecule is O=C(COc1ccc(N2CCCC2=O)cc1)Nc1ccc(N2CCCC2)nc1. The molecule has 146 valence electrons. The third-order valence-electron chi connectivity index (χ3n) is 5.05. The monoisotopic (exact) mass is 380 g/mol. The highest BCUT2D eigenvalue weighted by molar-refractivity contribution is 5.95. The predicted octanol–water partition coefficient (Wildman–Crippen LogP) is 2.83. The maximum absolute atomic E-state index is 12.1. The average Bonchev–Trinajstić information content (AvgIpc) is 3.39. The van der Waals surface area contributed by atoms with E-state index in [1.165, 1.54) is 12.8 Å². The fraction of sp³-hybridized carbons (Fsp3) is 0.381. The second kappa shape index (κ2) is 8.29. The number of carbonyl (C=O) groups excluding carboxylic acids is 2. The summed E-state index contributed by atoms with van der Waals surface area (Å²) in [5, 5.41) is 2.79. The van der Waals surface area contributed by atoms with Crippen molar-refractivity contribution in [2.75, 3.05) is 41.4 Å². The summed E-state index contributed by atoms with van der Waals surface area (Å²) in [7, 11) is 0. The van der Waals surface area contributed by atoms with Gasteiger partial charge < -0.3 is 19.9 Å². The van der Waals surface area contributed by atoms with E-state index < -0.39 is 0 Å². The van der Waals surface area contributed by atoms with E-state index in [0.29, 0.717) is 17.9 Å². The van der Waals surface area contributed by atoms with Gasteiger partial charge in [0, 0.05) is 31.7 Å². The molecule has 2 aromatic rings. The summed E-state index contributed by atoms with van der Waals surface area (Å²) in [6, 6.07) is 11.0. The van der Waals surface area contributed by atoms with Gasteiger partial charge in [-0.1, -0.05) is 0 Å². The first-order chi connectivity index (χ1) is 13.7. The maximum Gasteiger partial charge on any atom is 0.262 e. The van der Waals surface area contributed by atoms with Gasteiger partial charge in [-0.2, -0.15) is 0 Å². The molecule has 0 saturated carbocycles. The number of aromatic nitrogens is 1. The van der Waals surface area contributed by atoms with Gasteiger partial charge in [0.25, 0.3) is 5.91 Å². The van der Waals surface area contributed by atoms with E-state index in [0.717, 1.165) is 37.6 Å².